The molecule has 2 aromatic heterocycles. The van der Waals surface area contributed by atoms with Crippen LogP contribution in [0.2, 0.25) is 5.15 Å². The Hall–Kier alpha value is -3.78. The molecule has 0 aliphatic rings. The van der Waals surface area contributed by atoms with Gasteiger partial charge in [0, 0.05) is 11.6 Å². The Labute approximate surface area is 196 Å². The molecule has 2 aromatic carbocycles. The molecule has 33 heavy (non-hydrogen) atoms. The molecule has 0 unspecified atom stereocenters. The lowest BCUT2D eigenvalue weighted by Crippen LogP contribution is -2.17. The van der Waals surface area contributed by atoms with E-state index in [-0.39, 0.29) is 11.1 Å². The van der Waals surface area contributed by atoms with Crippen molar-refractivity contribution in [3.63, 3.8) is 0 Å². The van der Waals surface area contributed by atoms with Crippen molar-refractivity contribution in [2.75, 3.05) is 19.5 Å². The predicted molar refractivity (Wildman–Crippen MR) is 126 cm³/mol. The van der Waals surface area contributed by atoms with Gasteiger partial charge in [0.25, 0.3) is 5.91 Å². The van der Waals surface area contributed by atoms with Crippen molar-refractivity contribution in [3.05, 3.63) is 88.3 Å². The summed E-state index contributed by atoms with van der Waals surface area (Å²) >= 11 is 6.54. The SMILES string of the molecule is COc1cccc(Cn2nccc2NC(=O)c2c(C)nn(Cc3ccccc3)c2Cl)c1OC. The second-order valence-electron chi connectivity index (χ2n) is 7.38. The third-order valence-corrected chi connectivity index (χ3v) is 5.61. The van der Waals surface area contributed by atoms with Gasteiger partial charge in [-0.15, -0.1) is 0 Å². The van der Waals surface area contributed by atoms with Crippen LogP contribution in [0.4, 0.5) is 5.82 Å². The highest BCUT2D eigenvalue weighted by molar-refractivity contribution is 6.33. The third-order valence-electron chi connectivity index (χ3n) is 5.23. The Kier molecular flexibility index (Phi) is 6.65. The zero-order valence-corrected chi connectivity index (χ0v) is 19.3. The van der Waals surface area contributed by atoms with E-state index in [1.807, 2.05) is 48.5 Å². The van der Waals surface area contributed by atoms with E-state index in [4.69, 9.17) is 21.1 Å². The number of anilines is 1. The van der Waals surface area contributed by atoms with Crippen LogP contribution in [0, 0.1) is 6.92 Å². The molecule has 0 spiro atoms. The van der Waals surface area contributed by atoms with Crippen LogP contribution in [-0.2, 0) is 13.1 Å². The predicted octanol–water partition coefficient (Wildman–Crippen LogP) is 4.41. The number of hydrogen-bond acceptors (Lipinski definition) is 5. The number of halogens is 1. The first-order chi connectivity index (χ1) is 16.0. The summed E-state index contributed by atoms with van der Waals surface area (Å²) in [6, 6.07) is 17.2. The molecule has 0 atom stereocenters. The number of aryl methyl sites for hydroxylation is 1. The number of carbonyl (C=O) groups is 1. The molecule has 2 heterocycles. The Balaban J connectivity index is 1.55. The summed E-state index contributed by atoms with van der Waals surface area (Å²) in [5.41, 5.74) is 2.79. The number of hydrogen-bond donors (Lipinski definition) is 1. The van der Waals surface area contributed by atoms with Gasteiger partial charge in [-0.05, 0) is 18.6 Å². The molecule has 0 fully saturated rings. The number of amides is 1. The number of methoxy groups -OCH3 is 2. The second-order valence-corrected chi connectivity index (χ2v) is 7.73. The van der Waals surface area contributed by atoms with Crippen LogP contribution in [0.5, 0.6) is 11.5 Å². The van der Waals surface area contributed by atoms with Crippen LogP contribution in [0.15, 0.2) is 60.8 Å². The summed E-state index contributed by atoms with van der Waals surface area (Å²) in [5.74, 6) is 1.42. The quantitative estimate of drug-likeness (QED) is 0.417. The van der Waals surface area contributed by atoms with E-state index in [2.05, 4.69) is 15.5 Å². The zero-order chi connectivity index (χ0) is 23.4. The van der Waals surface area contributed by atoms with Crippen LogP contribution in [0.25, 0.3) is 0 Å². The average molecular weight is 466 g/mol. The molecule has 170 valence electrons. The van der Waals surface area contributed by atoms with Crippen molar-refractivity contribution in [2.24, 2.45) is 0 Å². The molecule has 0 aliphatic heterocycles. The van der Waals surface area contributed by atoms with Gasteiger partial charge in [0.1, 0.15) is 11.0 Å². The van der Waals surface area contributed by atoms with Crippen LogP contribution in [0.1, 0.15) is 27.2 Å². The van der Waals surface area contributed by atoms with E-state index in [0.29, 0.717) is 41.7 Å². The van der Waals surface area contributed by atoms with Gasteiger partial charge >= 0.3 is 0 Å². The summed E-state index contributed by atoms with van der Waals surface area (Å²) in [5, 5.41) is 12.0. The molecule has 8 nitrogen and oxygen atoms in total. The maximum Gasteiger partial charge on any atom is 0.261 e. The standard InChI is InChI=1S/C24H24ClN5O3/c1-16-21(23(25)30(28-16)14-17-8-5-4-6-9-17)24(31)27-20-12-13-26-29(20)15-18-10-7-11-19(32-2)22(18)33-3/h4-13H,14-15H2,1-3H3,(H,27,31). The number of carbonyl (C=O) groups excluding carboxylic acids is 1. The topological polar surface area (TPSA) is 83.2 Å². The van der Waals surface area contributed by atoms with Crippen LogP contribution < -0.4 is 14.8 Å². The second kappa shape index (κ2) is 9.79. The van der Waals surface area contributed by atoms with E-state index in [1.165, 1.54) is 0 Å². The summed E-state index contributed by atoms with van der Waals surface area (Å²) < 4.78 is 14.2. The minimum atomic E-state index is -0.351. The zero-order valence-electron chi connectivity index (χ0n) is 18.6. The molecule has 0 aliphatic carbocycles. The first-order valence-corrected chi connectivity index (χ1v) is 10.7. The molecule has 4 rings (SSSR count). The molecule has 0 radical (unpaired) electrons. The highest BCUT2D eigenvalue weighted by Gasteiger charge is 2.22. The summed E-state index contributed by atoms with van der Waals surface area (Å²) in [4.78, 5) is 13.1. The summed E-state index contributed by atoms with van der Waals surface area (Å²) in [6.45, 7) is 2.62. The Morgan fingerprint density at radius 2 is 1.79 bits per heavy atom. The van der Waals surface area contributed by atoms with Crippen molar-refractivity contribution < 1.29 is 14.3 Å². The Morgan fingerprint density at radius 1 is 1.00 bits per heavy atom. The van der Waals surface area contributed by atoms with Crippen LogP contribution in [0.3, 0.4) is 0 Å². The van der Waals surface area contributed by atoms with Crippen molar-refractivity contribution in [1.29, 1.82) is 0 Å². The number of nitrogens with zero attached hydrogens (tertiary/aromatic N) is 4. The normalized spacial score (nSPS) is 10.8. The van der Waals surface area contributed by atoms with Crippen molar-refractivity contribution in [3.8, 4) is 11.5 Å². The van der Waals surface area contributed by atoms with Gasteiger partial charge < -0.3 is 14.8 Å². The van der Waals surface area contributed by atoms with Crippen molar-refractivity contribution in [1.82, 2.24) is 19.6 Å². The lowest BCUT2D eigenvalue weighted by Gasteiger charge is -2.14. The Morgan fingerprint density at radius 3 is 2.52 bits per heavy atom. The van der Waals surface area contributed by atoms with Gasteiger partial charge in [-0.25, -0.2) is 9.36 Å². The fourth-order valence-corrected chi connectivity index (χ4v) is 3.98. The highest BCUT2D eigenvalue weighted by atomic mass is 35.5. The summed E-state index contributed by atoms with van der Waals surface area (Å²) in [7, 11) is 3.18. The molecule has 4 aromatic rings. The molecular weight excluding hydrogens is 442 g/mol. The molecular formula is C24H24ClN5O3. The smallest absolute Gasteiger partial charge is 0.261 e. The van der Waals surface area contributed by atoms with Gasteiger partial charge in [-0.3, -0.25) is 4.79 Å². The summed E-state index contributed by atoms with van der Waals surface area (Å²) in [6.07, 6.45) is 1.62. The molecule has 0 saturated heterocycles. The largest absolute Gasteiger partial charge is 0.493 e. The van der Waals surface area contributed by atoms with E-state index in [0.717, 1.165) is 11.1 Å². The fraction of sp³-hybridized carbons (Fsp3) is 0.208. The van der Waals surface area contributed by atoms with Gasteiger partial charge in [-0.2, -0.15) is 10.2 Å². The van der Waals surface area contributed by atoms with Gasteiger partial charge in [0.05, 0.1) is 44.8 Å². The molecule has 0 bridgehead atoms. The van der Waals surface area contributed by atoms with E-state index in [9.17, 15) is 4.79 Å². The van der Waals surface area contributed by atoms with Gasteiger partial charge in [0.15, 0.2) is 11.5 Å². The number of para-hydroxylation sites is 1. The molecule has 0 saturated carbocycles. The van der Waals surface area contributed by atoms with Crippen molar-refractivity contribution in [2.45, 2.75) is 20.0 Å². The monoisotopic (exact) mass is 465 g/mol. The first-order valence-electron chi connectivity index (χ1n) is 10.3. The lowest BCUT2D eigenvalue weighted by atomic mass is 10.2. The maximum atomic E-state index is 13.1. The van der Waals surface area contributed by atoms with Crippen LogP contribution in [-0.4, -0.2) is 39.7 Å². The van der Waals surface area contributed by atoms with Crippen LogP contribution >= 0.6 is 11.6 Å². The van der Waals surface area contributed by atoms with E-state index >= 15 is 0 Å². The number of nitrogens with one attached hydrogen (secondary N) is 1. The number of aromatic nitrogens is 4. The minimum absolute atomic E-state index is 0.286. The molecule has 1 N–H and O–H groups in total. The fourth-order valence-electron chi connectivity index (χ4n) is 3.66. The van der Waals surface area contributed by atoms with Gasteiger partial charge in [0.2, 0.25) is 0 Å². The highest BCUT2D eigenvalue weighted by Crippen LogP contribution is 2.31. The Bertz CT molecular complexity index is 1270. The van der Waals surface area contributed by atoms with Gasteiger partial charge in [-0.1, -0.05) is 54.1 Å². The first kappa shape index (κ1) is 22.4. The molecule has 1 amide bonds. The lowest BCUT2D eigenvalue weighted by molar-refractivity contribution is 0.102. The van der Waals surface area contributed by atoms with Crippen molar-refractivity contribution >= 4 is 23.3 Å². The number of rotatable bonds is 8. The maximum absolute atomic E-state index is 13.1. The van der Waals surface area contributed by atoms with E-state index < -0.39 is 0 Å². The minimum Gasteiger partial charge on any atom is -0.493 e. The molecule has 9 heteroatoms. The average Bonchev–Trinajstić information content (AvgIpc) is 3.36. The number of benzene rings is 2. The van der Waals surface area contributed by atoms with E-state index in [1.54, 1.807) is 42.8 Å². The number of ether oxygens (including phenoxy) is 2. The third kappa shape index (κ3) is 4.70.